The van der Waals surface area contributed by atoms with Crippen LogP contribution in [0.15, 0.2) is 57.9 Å². The summed E-state index contributed by atoms with van der Waals surface area (Å²) in [5.41, 5.74) is 0.847. The smallest absolute Gasteiger partial charge is 0.227 e. The van der Waals surface area contributed by atoms with Gasteiger partial charge in [-0.1, -0.05) is 23.4 Å². The molecular weight excluding hydrogens is 413 g/mol. The molecule has 3 rings (SSSR count). The summed E-state index contributed by atoms with van der Waals surface area (Å²) in [5, 5.41) is 6.43. The highest BCUT2D eigenvalue weighted by Crippen LogP contribution is 2.17. The Labute approximate surface area is 173 Å². The number of carbonyl (C=O) groups excluding carboxylic acids is 1. The van der Waals surface area contributed by atoms with Crippen LogP contribution < -0.4 is 10.1 Å². The van der Waals surface area contributed by atoms with E-state index in [2.05, 4.69) is 15.5 Å². The number of rotatable bonds is 9. The van der Waals surface area contributed by atoms with Gasteiger partial charge in [-0.3, -0.25) is 4.79 Å². The SMILES string of the molecule is COc1ccccc1CNC(=O)CCc1nc(CS(=O)(=O)c2ccc(F)cc2)no1. The molecule has 0 unspecified atom stereocenters. The predicted octanol–water partition coefficient (Wildman–Crippen LogP) is 2.44. The molecule has 0 bridgehead atoms. The average molecular weight is 433 g/mol. The summed E-state index contributed by atoms with van der Waals surface area (Å²) in [6, 6.07) is 11.8. The highest BCUT2D eigenvalue weighted by atomic mass is 32.2. The fourth-order valence-corrected chi connectivity index (χ4v) is 3.87. The lowest BCUT2D eigenvalue weighted by atomic mass is 10.2. The molecule has 1 amide bonds. The maximum absolute atomic E-state index is 13.0. The van der Waals surface area contributed by atoms with Crippen LogP contribution in [0.4, 0.5) is 4.39 Å². The van der Waals surface area contributed by atoms with Crippen LogP contribution in [-0.4, -0.2) is 31.6 Å². The molecule has 1 heterocycles. The molecule has 0 radical (unpaired) electrons. The monoisotopic (exact) mass is 433 g/mol. The molecule has 0 aliphatic heterocycles. The minimum atomic E-state index is -3.74. The first-order chi connectivity index (χ1) is 14.4. The molecule has 1 aromatic heterocycles. The van der Waals surface area contributed by atoms with Gasteiger partial charge >= 0.3 is 0 Å². The Hall–Kier alpha value is -3.27. The maximum atomic E-state index is 13.0. The van der Waals surface area contributed by atoms with E-state index in [0.29, 0.717) is 12.3 Å². The third-order valence-corrected chi connectivity index (χ3v) is 5.87. The molecule has 0 atom stereocenters. The van der Waals surface area contributed by atoms with E-state index in [4.69, 9.17) is 9.26 Å². The predicted molar refractivity (Wildman–Crippen MR) is 105 cm³/mol. The van der Waals surface area contributed by atoms with E-state index < -0.39 is 21.4 Å². The molecule has 10 heteroatoms. The number of aryl methyl sites for hydroxylation is 1. The van der Waals surface area contributed by atoms with Crippen molar-refractivity contribution in [3.8, 4) is 5.75 Å². The number of nitrogens with one attached hydrogen (secondary N) is 1. The van der Waals surface area contributed by atoms with Crippen molar-refractivity contribution >= 4 is 15.7 Å². The van der Waals surface area contributed by atoms with Gasteiger partial charge in [-0.05, 0) is 30.3 Å². The van der Waals surface area contributed by atoms with Crippen LogP contribution in [0.2, 0.25) is 0 Å². The lowest BCUT2D eigenvalue weighted by Gasteiger charge is -2.09. The van der Waals surface area contributed by atoms with Crippen LogP contribution in [-0.2, 0) is 33.4 Å². The number of ether oxygens (including phenoxy) is 1. The molecule has 0 saturated carbocycles. The van der Waals surface area contributed by atoms with Gasteiger partial charge in [0, 0.05) is 24.9 Å². The van der Waals surface area contributed by atoms with Crippen LogP contribution in [0.1, 0.15) is 23.7 Å². The summed E-state index contributed by atoms with van der Waals surface area (Å²) in [7, 11) is -2.18. The number of halogens is 1. The normalized spacial score (nSPS) is 11.3. The molecule has 0 aliphatic rings. The number of sulfone groups is 1. The van der Waals surface area contributed by atoms with Crippen molar-refractivity contribution in [3.05, 3.63) is 71.6 Å². The second-order valence-electron chi connectivity index (χ2n) is 6.41. The van der Waals surface area contributed by atoms with Crippen molar-refractivity contribution in [2.45, 2.75) is 30.0 Å². The lowest BCUT2D eigenvalue weighted by Crippen LogP contribution is -2.23. The van der Waals surface area contributed by atoms with Crippen LogP contribution in [0.3, 0.4) is 0 Å². The third kappa shape index (κ3) is 5.63. The summed E-state index contributed by atoms with van der Waals surface area (Å²) < 4.78 is 47.9. The Kier molecular flexibility index (Phi) is 6.78. The number of benzene rings is 2. The van der Waals surface area contributed by atoms with Crippen LogP contribution in [0, 0.1) is 5.82 Å². The van der Waals surface area contributed by atoms with E-state index in [1.54, 1.807) is 13.2 Å². The number of hydrogen-bond donors (Lipinski definition) is 1. The first kappa shape index (κ1) is 21.4. The second kappa shape index (κ2) is 9.49. The Balaban J connectivity index is 1.51. The van der Waals surface area contributed by atoms with E-state index in [-0.39, 0.29) is 35.4 Å². The van der Waals surface area contributed by atoms with E-state index in [0.717, 1.165) is 17.7 Å². The molecule has 8 nitrogen and oxygen atoms in total. The average Bonchev–Trinajstić information content (AvgIpc) is 3.17. The van der Waals surface area contributed by atoms with Crippen LogP contribution in [0.5, 0.6) is 5.75 Å². The van der Waals surface area contributed by atoms with Gasteiger partial charge in [-0.25, -0.2) is 12.8 Å². The first-order valence-electron chi connectivity index (χ1n) is 9.06. The molecule has 0 fully saturated rings. The Morgan fingerprint density at radius 1 is 1.17 bits per heavy atom. The van der Waals surface area contributed by atoms with Gasteiger partial charge in [0.2, 0.25) is 11.8 Å². The van der Waals surface area contributed by atoms with Gasteiger partial charge in [0.05, 0.1) is 12.0 Å². The Bertz CT molecular complexity index is 1110. The first-order valence-corrected chi connectivity index (χ1v) is 10.7. The zero-order valence-corrected chi connectivity index (χ0v) is 17.0. The molecule has 30 heavy (non-hydrogen) atoms. The maximum Gasteiger partial charge on any atom is 0.227 e. The van der Waals surface area contributed by atoms with Crippen molar-refractivity contribution < 1.29 is 26.9 Å². The number of aromatic nitrogens is 2. The number of nitrogens with zero attached hydrogens (tertiary/aromatic N) is 2. The topological polar surface area (TPSA) is 111 Å². The molecule has 0 saturated heterocycles. The number of amides is 1. The molecule has 158 valence electrons. The fourth-order valence-electron chi connectivity index (χ4n) is 2.70. The summed E-state index contributed by atoms with van der Waals surface area (Å²) >= 11 is 0. The molecule has 1 N–H and O–H groups in total. The van der Waals surface area contributed by atoms with Crippen molar-refractivity contribution in [3.63, 3.8) is 0 Å². The lowest BCUT2D eigenvalue weighted by molar-refractivity contribution is -0.121. The van der Waals surface area contributed by atoms with Crippen molar-refractivity contribution in [1.82, 2.24) is 15.5 Å². The minimum absolute atomic E-state index is 0.0243. The minimum Gasteiger partial charge on any atom is -0.496 e. The number of methoxy groups -OCH3 is 1. The summed E-state index contributed by atoms with van der Waals surface area (Å²) in [5.74, 6) is -0.418. The number of carbonyl (C=O) groups is 1. The number of hydrogen-bond acceptors (Lipinski definition) is 7. The van der Waals surface area contributed by atoms with Gasteiger partial charge in [0.1, 0.15) is 17.3 Å². The summed E-state index contributed by atoms with van der Waals surface area (Å²) in [4.78, 5) is 16.1. The molecular formula is C20H20FN3O5S. The van der Waals surface area contributed by atoms with E-state index >= 15 is 0 Å². The Morgan fingerprint density at radius 3 is 2.63 bits per heavy atom. The van der Waals surface area contributed by atoms with Gasteiger partial charge in [-0.15, -0.1) is 0 Å². The third-order valence-electron chi connectivity index (χ3n) is 4.24. The van der Waals surface area contributed by atoms with Crippen LogP contribution >= 0.6 is 0 Å². The van der Waals surface area contributed by atoms with Crippen molar-refractivity contribution in [1.29, 1.82) is 0 Å². The largest absolute Gasteiger partial charge is 0.496 e. The Morgan fingerprint density at radius 2 is 1.90 bits per heavy atom. The molecule has 3 aromatic rings. The van der Waals surface area contributed by atoms with Gasteiger partial charge < -0.3 is 14.6 Å². The molecule has 0 spiro atoms. The van der Waals surface area contributed by atoms with Gasteiger partial charge in [0.25, 0.3) is 0 Å². The van der Waals surface area contributed by atoms with E-state index in [1.165, 1.54) is 12.1 Å². The fraction of sp³-hybridized carbons (Fsp3) is 0.250. The van der Waals surface area contributed by atoms with Crippen LogP contribution in [0.25, 0.3) is 0 Å². The van der Waals surface area contributed by atoms with Gasteiger partial charge in [-0.2, -0.15) is 4.98 Å². The highest BCUT2D eigenvalue weighted by Gasteiger charge is 2.19. The van der Waals surface area contributed by atoms with E-state index in [1.807, 2.05) is 18.2 Å². The quantitative estimate of drug-likeness (QED) is 0.516. The number of para-hydroxylation sites is 1. The standard InChI is InChI=1S/C20H20FN3O5S/c1-28-17-5-3-2-4-14(17)12-22-19(25)10-11-20-23-18(24-29-20)13-30(26,27)16-8-6-15(21)7-9-16/h2-9H,10-13H2,1H3,(H,22,25). The summed E-state index contributed by atoms with van der Waals surface area (Å²) in [6.45, 7) is 0.313. The van der Waals surface area contributed by atoms with Crippen molar-refractivity contribution in [2.75, 3.05) is 7.11 Å². The second-order valence-corrected chi connectivity index (χ2v) is 8.40. The molecule has 2 aromatic carbocycles. The zero-order valence-electron chi connectivity index (χ0n) is 16.2. The van der Waals surface area contributed by atoms with E-state index in [9.17, 15) is 17.6 Å². The summed E-state index contributed by atoms with van der Waals surface area (Å²) in [6.07, 6.45) is 0.267. The van der Waals surface area contributed by atoms with Crippen molar-refractivity contribution in [2.24, 2.45) is 0 Å². The highest BCUT2D eigenvalue weighted by molar-refractivity contribution is 7.90. The zero-order chi connectivity index (χ0) is 21.6. The molecule has 0 aliphatic carbocycles. The van der Waals surface area contributed by atoms with Gasteiger partial charge in [0.15, 0.2) is 15.7 Å².